The molecule has 0 unspecified atom stereocenters. The summed E-state index contributed by atoms with van der Waals surface area (Å²) in [6, 6.07) is 4.07. The van der Waals surface area contributed by atoms with Crippen molar-refractivity contribution in [1.82, 2.24) is 14.9 Å². The standard InChI is InChI=1S/C12H14N4S/c1-9-12(17-8-15-9)6-14-5-10-3-11(4-13)16(2)7-10/h3,7-8,14H,5-6H2,1-2H3. The monoisotopic (exact) mass is 246 g/mol. The van der Waals surface area contributed by atoms with Gasteiger partial charge in [0.25, 0.3) is 0 Å². The predicted molar refractivity (Wildman–Crippen MR) is 67.5 cm³/mol. The highest BCUT2D eigenvalue weighted by Crippen LogP contribution is 2.12. The Bertz CT molecular complexity index is 547. The van der Waals surface area contributed by atoms with E-state index in [0.29, 0.717) is 5.69 Å². The average molecular weight is 246 g/mol. The molecule has 2 rings (SSSR count). The summed E-state index contributed by atoms with van der Waals surface area (Å²) in [7, 11) is 1.88. The number of aryl methyl sites for hydroxylation is 2. The highest BCUT2D eigenvalue weighted by Gasteiger charge is 2.03. The summed E-state index contributed by atoms with van der Waals surface area (Å²) in [6.45, 7) is 3.62. The molecular weight excluding hydrogens is 232 g/mol. The molecule has 0 fully saturated rings. The number of nitrogens with one attached hydrogen (secondary N) is 1. The number of nitrogens with zero attached hydrogens (tertiary/aromatic N) is 3. The van der Waals surface area contributed by atoms with Gasteiger partial charge in [0.2, 0.25) is 0 Å². The summed E-state index contributed by atoms with van der Waals surface area (Å²) < 4.78 is 1.84. The molecule has 0 radical (unpaired) electrons. The fourth-order valence-electron chi connectivity index (χ4n) is 1.66. The zero-order chi connectivity index (χ0) is 12.3. The highest BCUT2D eigenvalue weighted by atomic mass is 32.1. The van der Waals surface area contributed by atoms with Crippen LogP contribution in [-0.4, -0.2) is 9.55 Å². The zero-order valence-corrected chi connectivity index (χ0v) is 10.7. The van der Waals surface area contributed by atoms with Gasteiger partial charge in [-0.3, -0.25) is 0 Å². The first kappa shape index (κ1) is 11.8. The summed E-state index contributed by atoms with van der Waals surface area (Å²) in [5.41, 5.74) is 4.78. The number of nitriles is 1. The lowest BCUT2D eigenvalue weighted by molar-refractivity contribution is 0.696. The summed E-state index contributed by atoms with van der Waals surface area (Å²) in [5, 5.41) is 12.2. The van der Waals surface area contributed by atoms with Crippen LogP contribution in [0.3, 0.4) is 0 Å². The van der Waals surface area contributed by atoms with E-state index in [1.165, 1.54) is 4.88 Å². The molecule has 4 nitrogen and oxygen atoms in total. The van der Waals surface area contributed by atoms with Crippen LogP contribution in [0.5, 0.6) is 0 Å². The van der Waals surface area contributed by atoms with Gasteiger partial charge in [0.1, 0.15) is 11.8 Å². The third-order valence-electron chi connectivity index (χ3n) is 2.64. The first-order valence-corrected chi connectivity index (χ1v) is 6.23. The van der Waals surface area contributed by atoms with Gasteiger partial charge in [-0.15, -0.1) is 11.3 Å². The maximum atomic E-state index is 8.85. The van der Waals surface area contributed by atoms with Crippen LogP contribution < -0.4 is 5.32 Å². The van der Waals surface area contributed by atoms with Crippen molar-refractivity contribution in [2.24, 2.45) is 7.05 Å². The molecule has 0 saturated carbocycles. The van der Waals surface area contributed by atoms with E-state index in [2.05, 4.69) is 16.4 Å². The second-order valence-electron chi connectivity index (χ2n) is 3.92. The minimum Gasteiger partial charge on any atom is -0.342 e. The Balaban J connectivity index is 1.90. The van der Waals surface area contributed by atoms with Gasteiger partial charge >= 0.3 is 0 Å². The lowest BCUT2D eigenvalue weighted by Gasteiger charge is -2.01. The number of thiazole rings is 1. The SMILES string of the molecule is Cc1ncsc1CNCc1cc(C#N)n(C)c1. The largest absolute Gasteiger partial charge is 0.342 e. The van der Waals surface area contributed by atoms with Gasteiger partial charge in [-0.2, -0.15) is 5.26 Å². The van der Waals surface area contributed by atoms with E-state index in [0.717, 1.165) is 24.3 Å². The third-order valence-corrected chi connectivity index (χ3v) is 3.57. The van der Waals surface area contributed by atoms with Gasteiger partial charge in [-0.1, -0.05) is 0 Å². The molecule has 2 heterocycles. The van der Waals surface area contributed by atoms with E-state index in [1.807, 2.05) is 36.3 Å². The number of rotatable bonds is 4. The van der Waals surface area contributed by atoms with Gasteiger partial charge in [0.05, 0.1) is 11.2 Å². The van der Waals surface area contributed by atoms with E-state index in [9.17, 15) is 0 Å². The number of aromatic nitrogens is 2. The quantitative estimate of drug-likeness (QED) is 0.897. The lowest BCUT2D eigenvalue weighted by Crippen LogP contribution is -2.11. The van der Waals surface area contributed by atoms with Crippen molar-refractivity contribution in [3.8, 4) is 6.07 Å². The van der Waals surface area contributed by atoms with E-state index < -0.39 is 0 Å². The molecule has 0 amide bonds. The molecule has 88 valence electrons. The first-order valence-electron chi connectivity index (χ1n) is 5.35. The van der Waals surface area contributed by atoms with E-state index >= 15 is 0 Å². The molecule has 5 heteroatoms. The topological polar surface area (TPSA) is 53.6 Å². The maximum absolute atomic E-state index is 8.85. The van der Waals surface area contributed by atoms with Gasteiger partial charge in [-0.05, 0) is 18.6 Å². The number of hydrogen-bond acceptors (Lipinski definition) is 4. The Morgan fingerprint density at radius 2 is 2.35 bits per heavy atom. The Labute approximate surface area is 105 Å². The molecule has 0 aliphatic carbocycles. The van der Waals surface area contributed by atoms with Crippen molar-refractivity contribution >= 4 is 11.3 Å². The molecule has 17 heavy (non-hydrogen) atoms. The molecule has 2 aromatic heterocycles. The zero-order valence-electron chi connectivity index (χ0n) is 9.90. The predicted octanol–water partition coefficient (Wildman–Crippen LogP) is 1.95. The molecule has 0 aromatic carbocycles. The maximum Gasteiger partial charge on any atom is 0.120 e. The number of hydrogen-bond donors (Lipinski definition) is 1. The minimum absolute atomic E-state index is 0.691. The van der Waals surface area contributed by atoms with Crippen LogP contribution in [0, 0.1) is 18.3 Å². The van der Waals surface area contributed by atoms with Crippen molar-refractivity contribution in [2.75, 3.05) is 0 Å². The fraction of sp³-hybridized carbons (Fsp3) is 0.333. The Morgan fingerprint density at radius 3 is 2.94 bits per heavy atom. The molecule has 0 aliphatic rings. The molecular formula is C12H14N4S. The highest BCUT2D eigenvalue weighted by molar-refractivity contribution is 7.09. The van der Waals surface area contributed by atoms with Gasteiger partial charge < -0.3 is 9.88 Å². The van der Waals surface area contributed by atoms with Crippen LogP contribution in [0.2, 0.25) is 0 Å². The van der Waals surface area contributed by atoms with Crippen LogP contribution in [0.15, 0.2) is 17.8 Å². The Kier molecular flexibility index (Phi) is 3.57. The molecule has 0 saturated heterocycles. The van der Waals surface area contributed by atoms with Crippen molar-refractivity contribution < 1.29 is 0 Å². The molecule has 2 aromatic rings. The van der Waals surface area contributed by atoms with E-state index in [-0.39, 0.29) is 0 Å². The van der Waals surface area contributed by atoms with Crippen molar-refractivity contribution in [2.45, 2.75) is 20.0 Å². The van der Waals surface area contributed by atoms with E-state index in [4.69, 9.17) is 5.26 Å². The normalized spacial score (nSPS) is 10.4. The lowest BCUT2D eigenvalue weighted by atomic mass is 10.3. The minimum atomic E-state index is 0.691. The van der Waals surface area contributed by atoms with Gasteiger partial charge in [0.15, 0.2) is 0 Å². The average Bonchev–Trinajstić information content (AvgIpc) is 2.86. The van der Waals surface area contributed by atoms with Crippen LogP contribution >= 0.6 is 11.3 Å². The van der Waals surface area contributed by atoms with Crippen molar-refractivity contribution in [3.05, 3.63) is 39.6 Å². The molecule has 0 spiro atoms. The molecule has 0 aliphatic heterocycles. The molecule has 1 N–H and O–H groups in total. The fourth-order valence-corrected chi connectivity index (χ4v) is 2.40. The van der Waals surface area contributed by atoms with Crippen LogP contribution in [0.4, 0.5) is 0 Å². The van der Waals surface area contributed by atoms with Crippen LogP contribution in [0.25, 0.3) is 0 Å². The van der Waals surface area contributed by atoms with Gasteiger partial charge in [0, 0.05) is 31.2 Å². The summed E-state index contributed by atoms with van der Waals surface area (Å²) >= 11 is 1.67. The van der Waals surface area contributed by atoms with Gasteiger partial charge in [-0.25, -0.2) is 4.98 Å². The van der Waals surface area contributed by atoms with Crippen molar-refractivity contribution in [3.63, 3.8) is 0 Å². The second kappa shape index (κ2) is 5.13. The third kappa shape index (κ3) is 2.73. The summed E-state index contributed by atoms with van der Waals surface area (Å²) in [5.74, 6) is 0. The van der Waals surface area contributed by atoms with Crippen LogP contribution in [-0.2, 0) is 20.1 Å². The summed E-state index contributed by atoms with van der Waals surface area (Å²) in [4.78, 5) is 5.47. The second-order valence-corrected chi connectivity index (χ2v) is 4.86. The molecule has 0 bridgehead atoms. The van der Waals surface area contributed by atoms with Crippen molar-refractivity contribution in [1.29, 1.82) is 5.26 Å². The molecule has 0 atom stereocenters. The summed E-state index contributed by atoms with van der Waals surface area (Å²) in [6.07, 6.45) is 1.98. The first-order chi connectivity index (χ1) is 8.20. The van der Waals surface area contributed by atoms with E-state index in [1.54, 1.807) is 11.3 Å². The Morgan fingerprint density at radius 1 is 1.53 bits per heavy atom. The Hall–Kier alpha value is -1.64. The van der Waals surface area contributed by atoms with Crippen LogP contribution in [0.1, 0.15) is 21.8 Å². The smallest absolute Gasteiger partial charge is 0.120 e.